The van der Waals surface area contributed by atoms with Gasteiger partial charge in [0.2, 0.25) is 17.7 Å². The van der Waals surface area contributed by atoms with Crippen LogP contribution in [0.1, 0.15) is 57.1 Å². The van der Waals surface area contributed by atoms with E-state index in [2.05, 4.69) is 41.3 Å². The zero-order valence-electron chi connectivity index (χ0n) is 27.4. The number of nitrogens with zero attached hydrogens (tertiary/aromatic N) is 2. The second-order valence-electron chi connectivity index (χ2n) is 12.4. The second-order valence-corrected chi connectivity index (χ2v) is 13.6. The molecule has 0 radical (unpaired) electrons. The van der Waals surface area contributed by atoms with E-state index < -0.39 is 53.6 Å². The van der Waals surface area contributed by atoms with E-state index in [1.807, 2.05) is 18.2 Å². The van der Waals surface area contributed by atoms with Gasteiger partial charge in [-0.25, -0.2) is 0 Å². The van der Waals surface area contributed by atoms with Gasteiger partial charge < -0.3 is 34.4 Å². The second kappa shape index (κ2) is 16.9. The number of aliphatic hydroxyl groups is 1. The summed E-state index contributed by atoms with van der Waals surface area (Å²) < 4.78 is 18.3. The molecule has 12 heteroatoms. The Hall–Kier alpha value is -3.06. The van der Waals surface area contributed by atoms with Crippen molar-refractivity contribution in [2.24, 2.45) is 11.8 Å². The smallest absolute Gasteiger partial charge is 0.313 e. The molecule has 11 nitrogen and oxygen atoms in total. The van der Waals surface area contributed by atoms with E-state index in [0.29, 0.717) is 31.5 Å². The summed E-state index contributed by atoms with van der Waals surface area (Å²) in [7, 11) is 1.50. The minimum Gasteiger partial charge on any atom is -0.455 e. The Bertz CT molecular complexity index is 1280. The number of hydrogen-bond donors (Lipinski definition) is 2. The Balaban J connectivity index is 1.68. The third-order valence-electron chi connectivity index (χ3n) is 9.33. The van der Waals surface area contributed by atoms with Gasteiger partial charge in [-0.15, -0.1) is 13.2 Å². The van der Waals surface area contributed by atoms with Gasteiger partial charge >= 0.3 is 5.97 Å². The van der Waals surface area contributed by atoms with Gasteiger partial charge in [0.1, 0.15) is 17.7 Å². The van der Waals surface area contributed by atoms with E-state index in [1.54, 1.807) is 29.2 Å². The number of ether oxygens (including phenoxy) is 3. The number of hydrogen-bond acceptors (Lipinski definition) is 8. The standard InChI is InChI=1S/C35H48BrN3O8/c1-5-8-13-18-38(17-7-3)33(43)31-35-21-24(36)30(47-35)27(28(35)32(42)39(31)19-20-40)34(44)46-29(23-14-11-10-12-15-23)25(22-45-4)37-26(41)16-9-6-2/h6-7,10-12,14-15,24-25,27-31,40H,2-3,5,8-9,13,16-22H2,1,4H3,(H,37,41)/t24?,25-,27-,28+,29-,30-,31-,35+/m1/s1. The molecule has 0 aromatic heterocycles. The number of alkyl halides is 1. The first-order chi connectivity index (χ1) is 22.7. The minimum atomic E-state index is -1.29. The van der Waals surface area contributed by atoms with Crippen molar-refractivity contribution in [2.75, 3.05) is 40.0 Å². The molecule has 3 aliphatic heterocycles. The molecule has 8 atom stereocenters. The predicted molar refractivity (Wildman–Crippen MR) is 179 cm³/mol. The number of β-amino-alcohol motifs (C(OH)–C–C–N with tert-alkyl or cyclic N) is 1. The molecule has 3 heterocycles. The van der Waals surface area contributed by atoms with Crippen LogP contribution in [0.2, 0.25) is 0 Å². The first-order valence-corrected chi connectivity index (χ1v) is 17.4. The maximum Gasteiger partial charge on any atom is 0.313 e. The number of nitrogens with one attached hydrogen (secondary N) is 1. The van der Waals surface area contributed by atoms with Gasteiger partial charge in [-0.1, -0.05) is 78.2 Å². The quantitative estimate of drug-likeness (QED) is 0.0964. The molecular formula is C35H48BrN3O8. The fraction of sp³-hybridized carbons (Fsp3) is 0.600. The molecule has 0 aliphatic carbocycles. The number of benzene rings is 1. The molecular weight excluding hydrogens is 670 g/mol. The number of carbonyl (C=O) groups excluding carboxylic acids is 4. The van der Waals surface area contributed by atoms with Gasteiger partial charge in [-0.05, 0) is 24.8 Å². The summed E-state index contributed by atoms with van der Waals surface area (Å²) in [5.41, 5.74) is -0.649. The van der Waals surface area contributed by atoms with Crippen LogP contribution in [0, 0.1) is 11.8 Å². The Kier molecular flexibility index (Phi) is 13.2. The number of aliphatic hydroxyl groups excluding tert-OH is 1. The van der Waals surface area contributed by atoms with E-state index in [0.717, 1.165) is 19.3 Å². The summed E-state index contributed by atoms with van der Waals surface area (Å²) in [6.07, 6.45) is 5.38. The van der Waals surface area contributed by atoms with E-state index >= 15 is 0 Å². The number of halogens is 1. The summed E-state index contributed by atoms with van der Waals surface area (Å²) in [6, 6.07) is 7.30. The van der Waals surface area contributed by atoms with Crippen LogP contribution in [0.25, 0.3) is 0 Å². The third-order valence-corrected chi connectivity index (χ3v) is 10.2. The molecule has 2 N–H and O–H groups in total. The maximum atomic E-state index is 14.3. The number of carbonyl (C=O) groups is 4. The fourth-order valence-corrected chi connectivity index (χ4v) is 8.27. The molecule has 3 saturated heterocycles. The van der Waals surface area contributed by atoms with Crippen LogP contribution in [0.5, 0.6) is 0 Å². The van der Waals surface area contributed by atoms with Crippen molar-refractivity contribution in [3.63, 3.8) is 0 Å². The minimum absolute atomic E-state index is 0.0582. The number of esters is 1. The molecule has 3 amide bonds. The lowest BCUT2D eigenvalue weighted by atomic mass is 9.70. The monoisotopic (exact) mass is 717 g/mol. The van der Waals surface area contributed by atoms with Crippen molar-refractivity contribution in [3.8, 4) is 0 Å². The molecule has 258 valence electrons. The highest BCUT2D eigenvalue weighted by Gasteiger charge is 2.77. The number of likely N-dealkylation sites (tertiary alicyclic amines) is 1. The Morgan fingerprint density at radius 1 is 1.23 bits per heavy atom. The van der Waals surface area contributed by atoms with E-state index in [-0.39, 0.29) is 42.8 Å². The Morgan fingerprint density at radius 3 is 2.62 bits per heavy atom. The highest BCUT2D eigenvalue weighted by molar-refractivity contribution is 9.09. The molecule has 2 bridgehead atoms. The summed E-state index contributed by atoms with van der Waals surface area (Å²) in [4.78, 5) is 58.4. The van der Waals surface area contributed by atoms with Crippen LogP contribution in [0.3, 0.4) is 0 Å². The van der Waals surface area contributed by atoms with Crippen LogP contribution in [0.4, 0.5) is 0 Å². The highest BCUT2D eigenvalue weighted by atomic mass is 79.9. The van der Waals surface area contributed by atoms with Crippen molar-refractivity contribution in [1.29, 1.82) is 0 Å². The van der Waals surface area contributed by atoms with Crippen molar-refractivity contribution in [3.05, 3.63) is 61.2 Å². The summed E-state index contributed by atoms with van der Waals surface area (Å²) in [5.74, 6) is -3.65. The zero-order valence-corrected chi connectivity index (χ0v) is 28.9. The first-order valence-electron chi connectivity index (χ1n) is 16.5. The molecule has 1 aromatic carbocycles. The van der Waals surface area contributed by atoms with Crippen LogP contribution in [-0.4, -0.2) is 107 Å². The van der Waals surface area contributed by atoms with Gasteiger partial charge in [0.05, 0.1) is 37.2 Å². The SMILES string of the molecule is C=CCCC(=O)N[C@H](COC)[C@H](OC(=O)[C@H]1[C@@H]2O[C@@]3(CC2Br)[C@@H]1C(=O)N(CCO)[C@@H]3C(=O)N(CC=C)CCCCC)c1ccccc1. The zero-order chi connectivity index (χ0) is 34.1. The van der Waals surface area contributed by atoms with Crippen molar-refractivity contribution < 1.29 is 38.5 Å². The number of allylic oxidation sites excluding steroid dienone is 1. The Morgan fingerprint density at radius 2 is 1.98 bits per heavy atom. The number of amides is 3. The molecule has 3 fully saturated rings. The lowest BCUT2D eigenvalue weighted by molar-refractivity contribution is -0.163. The van der Waals surface area contributed by atoms with Crippen LogP contribution >= 0.6 is 15.9 Å². The van der Waals surface area contributed by atoms with Gasteiger partial charge in [0, 0.05) is 38.0 Å². The molecule has 1 spiro atoms. The van der Waals surface area contributed by atoms with E-state index in [4.69, 9.17) is 14.2 Å². The Labute approximate surface area is 285 Å². The van der Waals surface area contributed by atoms with E-state index in [9.17, 15) is 24.3 Å². The molecule has 1 aromatic rings. The molecule has 3 aliphatic rings. The van der Waals surface area contributed by atoms with Crippen LogP contribution in [0.15, 0.2) is 55.6 Å². The van der Waals surface area contributed by atoms with Crippen LogP contribution in [-0.2, 0) is 33.4 Å². The topological polar surface area (TPSA) is 135 Å². The van der Waals surface area contributed by atoms with Gasteiger partial charge in [0.15, 0.2) is 0 Å². The lowest BCUT2D eigenvalue weighted by Gasteiger charge is -2.37. The van der Waals surface area contributed by atoms with Gasteiger partial charge in [-0.2, -0.15) is 0 Å². The average molecular weight is 719 g/mol. The average Bonchev–Trinajstić information content (AvgIpc) is 3.65. The summed E-state index contributed by atoms with van der Waals surface area (Å²) in [5, 5.41) is 12.9. The third kappa shape index (κ3) is 7.66. The van der Waals surface area contributed by atoms with Crippen LogP contribution < -0.4 is 5.32 Å². The van der Waals surface area contributed by atoms with Gasteiger partial charge in [0.25, 0.3) is 0 Å². The number of fused-ring (bicyclic) bond motifs is 1. The van der Waals surface area contributed by atoms with E-state index in [1.165, 1.54) is 12.0 Å². The predicted octanol–water partition coefficient (Wildman–Crippen LogP) is 3.31. The lowest BCUT2D eigenvalue weighted by Crippen LogP contribution is -2.57. The highest BCUT2D eigenvalue weighted by Crippen LogP contribution is 2.60. The largest absolute Gasteiger partial charge is 0.455 e. The van der Waals surface area contributed by atoms with Crippen molar-refractivity contribution >= 4 is 39.6 Å². The molecule has 4 rings (SSSR count). The van der Waals surface area contributed by atoms with Crippen molar-refractivity contribution in [1.82, 2.24) is 15.1 Å². The first kappa shape index (κ1) is 36.8. The molecule has 47 heavy (non-hydrogen) atoms. The number of methoxy groups -OCH3 is 1. The number of unbranched alkanes of at least 4 members (excludes halogenated alkanes) is 2. The molecule has 1 unspecified atom stereocenters. The maximum absolute atomic E-state index is 14.3. The normalized spacial score (nSPS) is 27.2. The number of rotatable bonds is 19. The van der Waals surface area contributed by atoms with Crippen molar-refractivity contribution in [2.45, 2.75) is 80.2 Å². The summed E-state index contributed by atoms with van der Waals surface area (Å²) in [6.45, 7) is 10.00. The summed E-state index contributed by atoms with van der Waals surface area (Å²) >= 11 is 3.69. The van der Waals surface area contributed by atoms with Gasteiger partial charge in [-0.3, -0.25) is 19.2 Å². The fourth-order valence-electron chi connectivity index (χ4n) is 7.32. The molecule has 0 saturated carbocycles.